The number of hydrogen-bond acceptors (Lipinski definition) is 5. The number of ether oxygens (including phenoxy) is 2. The zero-order valence-corrected chi connectivity index (χ0v) is 16.2. The van der Waals surface area contributed by atoms with Gasteiger partial charge in [-0.3, -0.25) is 0 Å². The maximum absolute atomic E-state index is 12.1. The Bertz CT molecular complexity index is 538. The summed E-state index contributed by atoms with van der Waals surface area (Å²) in [5.74, 6) is 0.686. The summed E-state index contributed by atoms with van der Waals surface area (Å²) in [5.41, 5.74) is 0.410. The van der Waals surface area contributed by atoms with Crippen LogP contribution in [0.2, 0.25) is 5.15 Å². The van der Waals surface area contributed by atoms with Crippen molar-refractivity contribution in [3.05, 3.63) is 17.4 Å². The SMILES string of the molecule is CC.COc1cc(Cl)ncc1N1CCN(C(=O)OC(C)(C)C)CC1. The molecule has 1 aliphatic heterocycles. The Balaban J connectivity index is 0.00000139. The third-order valence-corrected chi connectivity index (χ3v) is 3.51. The van der Waals surface area contributed by atoms with E-state index >= 15 is 0 Å². The number of hydrogen-bond donors (Lipinski definition) is 0. The van der Waals surface area contributed by atoms with Gasteiger partial charge < -0.3 is 19.3 Å². The molecule has 24 heavy (non-hydrogen) atoms. The number of halogens is 1. The number of piperazine rings is 1. The second-order valence-electron chi connectivity index (χ2n) is 6.13. The lowest BCUT2D eigenvalue weighted by Gasteiger charge is -2.37. The minimum Gasteiger partial charge on any atom is -0.494 e. The highest BCUT2D eigenvalue weighted by Gasteiger charge is 2.27. The van der Waals surface area contributed by atoms with Crippen molar-refractivity contribution in [2.75, 3.05) is 38.2 Å². The highest BCUT2D eigenvalue weighted by molar-refractivity contribution is 6.29. The van der Waals surface area contributed by atoms with Crippen molar-refractivity contribution in [2.45, 2.75) is 40.2 Å². The minimum atomic E-state index is -0.475. The van der Waals surface area contributed by atoms with Crippen LogP contribution in [0.4, 0.5) is 10.5 Å². The van der Waals surface area contributed by atoms with E-state index in [1.807, 2.05) is 34.6 Å². The molecule has 6 nitrogen and oxygen atoms in total. The number of rotatable bonds is 2. The van der Waals surface area contributed by atoms with Crippen molar-refractivity contribution in [1.29, 1.82) is 0 Å². The molecule has 1 aliphatic rings. The van der Waals surface area contributed by atoms with E-state index < -0.39 is 5.60 Å². The summed E-state index contributed by atoms with van der Waals surface area (Å²) in [5, 5.41) is 0.396. The molecule has 0 aliphatic carbocycles. The van der Waals surface area contributed by atoms with Gasteiger partial charge in [0.1, 0.15) is 16.5 Å². The minimum absolute atomic E-state index is 0.270. The van der Waals surface area contributed by atoms with Crippen LogP contribution < -0.4 is 9.64 Å². The molecule has 2 heterocycles. The number of carbonyl (C=O) groups excluding carboxylic acids is 1. The van der Waals surface area contributed by atoms with Crippen LogP contribution in [0.1, 0.15) is 34.6 Å². The van der Waals surface area contributed by atoms with Gasteiger partial charge in [0.05, 0.1) is 19.0 Å². The van der Waals surface area contributed by atoms with E-state index in [-0.39, 0.29) is 6.09 Å². The number of anilines is 1. The van der Waals surface area contributed by atoms with Gasteiger partial charge in [-0.05, 0) is 20.8 Å². The lowest BCUT2D eigenvalue weighted by molar-refractivity contribution is 0.0240. The highest BCUT2D eigenvalue weighted by atomic mass is 35.5. The first kappa shape index (κ1) is 20.4. The molecule has 0 spiro atoms. The molecule has 0 unspecified atom stereocenters. The first-order chi connectivity index (χ1) is 11.3. The predicted octanol–water partition coefficient (Wildman–Crippen LogP) is 3.83. The number of nitrogens with zero attached hydrogens (tertiary/aromatic N) is 3. The molecule has 1 aromatic rings. The topological polar surface area (TPSA) is 54.9 Å². The van der Waals surface area contributed by atoms with Crippen LogP contribution >= 0.6 is 11.6 Å². The smallest absolute Gasteiger partial charge is 0.410 e. The van der Waals surface area contributed by atoms with Crippen molar-refractivity contribution in [1.82, 2.24) is 9.88 Å². The fraction of sp³-hybridized carbons (Fsp3) is 0.647. The van der Waals surface area contributed by atoms with E-state index in [0.29, 0.717) is 37.1 Å². The Labute approximate surface area is 149 Å². The van der Waals surface area contributed by atoms with Gasteiger partial charge in [0.15, 0.2) is 0 Å². The van der Waals surface area contributed by atoms with Gasteiger partial charge in [0.2, 0.25) is 0 Å². The molecule has 1 saturated heterocycles. The molecular formula is C17H28ClN3O3. The van der Waals surface area contributed by atoms with Gasteiger partial charge in [-0.2, -0.15) is 0 Å². The third kappa shape index (κ3) is 5.74. The molecule has 0 radical (unpaired) electrons. The number of amides is 1. The fourth-order valence-electron chi connectivity index (χ4n) is 2.26. The van der Waals surface area contributed by atoms with E-state index in [4.69, 9.17) is 21.1 Å². The summed E-state index contributed by atoms with van der Waals surface area (Å²) < 4.78 is 10.7. The number of pyridine rings is 1. The van der Waals surface area contributed by atoms with E-state index in [1.54, 1.807) is 24.3 Å². The van der Waals surface area contributed by atoms with Crippen LogP contribution in [0.15, 0.2) is 12.3 Å². The monoisotopic (exact) mass is 357 g/mol. The molecule has 0 N–H and O–H groups in total. The van der Waals surface area contributed by atoms with Crippen molar-refractivity contribution in [2.24, 2.45) is 0 Å². The van der Waals surface area contributed by atoms with Crippen molar-refractivity contribution < 1.29 is 14.3 Å². The molecule has 7 heteroatoms. The highest BCUT2D eigenvalue weighted by Crippen LogP contribution is 2.30. The molecule has 0 saturated carbocycles. The summed E-state index contributed by atoms with van der Waals surface area (Å²) in [6, 6.07) is 1.69. The van der Waals surface area contributed by atoms with Crippen LogP contribution in [0.5, 0.6) is 5.75 Å². The van der Waals surface area contributed by atoms with Gasteiger partial charge in [0, 0.05) is 32.2 Å². The summed E-state index contributed by atoms with van der Waals surface area (Å²) in [4.78, 5) is 20.0. The lowest BCUT2D eigenvalue weighted by atomic mass is 10.2. The third-order valence-electron chi connectivity index (χ3n) is 3.30. The molecular weight excluding hydrogens is 330 g/mol. The van der Waals surface area contributed by atoms with Crippen molar-refractivity contribution in [3.8, 4) is 5.75 Å². The van der Waals surface area contributed by atoms with Crippen LogP contribution in [0.3, 0.4) is 0 Å². The molecule has 136 valence electrons. The largest absolute Gasteiger partial charge is 0.494 e. The quantitative estimate of drug-likeness (QED) is 0.753. The summed E-state index contributed by atoms with van der Waals surface area (Å²) in [7, 11) is 1.60. The number of methoxy groups -OCH3 is 1. The summed E-state index contributed by atoms with van der Waals surface area (Å²) in [6.45, 7) is 12.2. The van der Waals surface area contributed by atoms with Crippen LogP contribution in [-0.2, 0) is 4.74 Å². The second kappa shape index (κ2) is 8.97. The summed E-state index contributed by atoms with van der Waals surface area (Å²) >= 11 is 5.88. The summed E-state index contributed by atoms with van der Waals surface area (Å²) in [6.07, 6.45) is 1.43. The van der Waals surface area contributed by atoms with Crippen molar-refractivity contribution in [3.63, 3.8) is 0 Å². The Morgan fingerprint density at radius 2 is 1.79 bits per heavy atom. The maximum Gasteiger partial charge on any atom is 0.410 e. The molecule has 0 atom stereocenters. The number of aromatic nitrogens is 1. The van der Waals surface area contributed by atoms with E-state index in [0.717, 1.165) is 5.69 Å². The van der Waals surface area contributed by atoms with Gasteiger partial charge in [-0.1, -0.05) is 25.4 Å². The average molecular weight is 358 g/mol. The zero-order chi connectivity index (χ0) is 18.3. The van der Waals surface area contributed by atoms with Gasteiger partial charge >= 0.3 is 6.09 Å². The van der Waals surface area contributed by atoms with E-state index in [9.17, 15) is 4.79 Å². The molecule has 1 aromatic heterocycles. The number of carbonyl (C=O) groups is 1. The zero-order valence-electron chi connectivity index (χ0n) is 15.4. The normalized spacial score (nSPS) is 14.6. The van der Waals surface area contributed by atoms with Gasteiger partial charge in [-0.15, -0.1) is 0 Å². The van der Waals surface area contributed by atoms with Gasteiger partial charge in [-0.25, -0.2) is 9.78 Å². The molecule has 0 bridgehead atoms. The molecule has 1 amide bonds. The Kier molecular flexibility index (Phi) is 7.60. The fourth-order valence-corrected chi connectivity index (χ4v) is 2.41. The Morgan fingerprint density at radius 1 is 1.21 bits per heavy atom. The van der Waals surface area contributed by atoms with E-state index in [1.165, 1.54) is 0 Å². The molecule has 2 rings (SSSR count). The van der Waals surface area contributed by atoms with E-state index in [2.05, 4.69) is 9.88 Å². The Morgan fingerprint density at radius 3 is 2.29 bits per heavy atom. The molecule has 0 aromatic carbocycles. The van der Waals surface area contributed by atoms with Crippen LogP contribution in [0, 0.1) is 0 Å². The van der Waals surface area contributed by atoms with Gasteiger partial charge in [0.25, 0.3) is 0 Å². The predicted molar refractivity (Wildman–Crippen MR) is 97.2 cm³/mol. The average Bonchev–Trinajstić information content (AvgIpc) is 2.55. The standard InChI is InChI=1S/C15H22ClN3O3.C2H6/c1-15(2,3)22-14(20)19-7-5-18(6-8-19)11-10-17-13(16)9-12(11)21-4;1-2/h9-10H,5-8H2,1-4H3;1-2H3. The first-order valence-corrected chi connectivity index (χ1v) is 8.60. The maximum atomic E-state index is 12.1. The molecule has 1 fully saturated rings. The lowest BCUT2D eigenvalue weighted by Crippen LogP contribution is -2.50. The Hall–Kier alpha value is -1.69. The first-order valence-electron chi connectivity index (χ1n) is 8.22. The van der Waals surface area contributed by atoms with Crippen LogP contribution in [0.25, 0.3) is 0 Å². The second-order valence-corrected chi connectivity index (χ2v) is 6.52. The van der Waals surface area contributed by atoms with Crippen molar-refractivity contribution >= 4 is 23.4 Å². The van der Waals surface area contributed by atoms with Crippen LogP contribution in [-0.4, -0.2) is 54.9 Å².